The monoisotopic (exact) mass is 214 g/mol. The molecule has 0 atom stereocenters. The number of carbonyl (C=O) groups excluding carboxylic acids is 1. The van der Waals surface area contributed by atoms with Gasteiger partial charge in [0.2, 0.25) is 5.91 Å². The van der Waals surface area contributed by atoms with Crippen molar-refractivity contribution >= 4 is 5.91 Å². The summed E-state index contributed by atoms with van der Waals surface area (Å²) in [4.78, 5) is 18.8. The van der Waals surface area contributed by atoms with Gasteiger partial charge in [-0.25, -0.2) is 0 Å². The van der Waals surface area contributed by atoms with Crippen molar-refractivity contribution in [3.8, 4) is 0 Å². The molecule has 1 N–H and O–H groups in total. The number of carbonyl (C=O) groups is 1. The highest BCUT2D eigenvalue weighted by atomic mass is 16.6. The van der Waals surface area contributed by atoms with Gasteiger partial charge in [-0.2, -0.15) is 5.48 Å². The van der Waals surface area contributed by atoms with E-state index in [0.29, 0.717) is 18.6 Å². The van der Waals surface area contributed by atoms with Gasteiger partial charge < -0.3 is 9.74 Å². The standard InChI is InChI=1S/C11H22N2O2/c1-4-13(10-5-6-10)11(14)7-12-15-8-9(2)3/h9-10,12H,4-8H2,1-3H3. The molecule has 0 spiro atoms. The molecule has 88 valence electrons. The molecule has 0 bridgehead atoms. The van der Waals surface area contributed by atoms with Gasteiger partial charge in [0.05, 0.1) is 6.61 Å². The van der Waals surface area contributed by atoms with Crippen LogP contribution in [0.5, 0.6) is 0 Å². The van der Waals surface area contributed by atoms with E-state index in [0.717, 1.165) is 19.4 Å². The van der Waals surface area contributed by atoms with Gasteiger partial charge in [0.25, 0.3) is 0 Å². The first-order chi connectivity index (χ1) is 7.15. The number of hydrogen-bond donors (Lipinski definition) is 1. The van der Waals surface area contributed by atoms with Crippen molar-refractivity contribution in [2.24, 2.45) is 5.92 Å². The van der Waals surface area contributed by atoms with E-state index in [-0.39, 0.29) is 12.5 Å². The van der Waals surface area contributed by atoms with Crippen molar-refractivity contribution in [2.75, 3.05) is 19.7 Å². The first-order valence-electron chi connectivity index (χ1n) is 5.79. The smallest absolute Gasteiger partial charge is 0.239 e. The van der Waals surface area contributed by atoms with E-state index in [1.807, 2.05) is 11.8 Å². The Bertz CT molecular complexity index is 203. The summed E-state index contributed by atoms with van der Waals surface area (Å²) in [7, 11) is 0. The molecule has 0 aromatic rings. The topological polar surface area (TPSA) is 41.6 Å². The zero-order valence-electron chi connectivity index (χ0n) is 9.95. The summed E-state index contributed by atoms with van der Waals surface area (Å²) < 4.78 is 0. The highest BCUT2D eigenvalue weighted by molar-refractivity contribution is 5.78. The normalized spacial score (nSPS) is 15.7. The minimum Gasteiger partial charge on any atom is -0.339 e. The van der Waals surface area contributed by atoms with E-state index in [2.05, 4.69) is 19.3 Å². The third-order valence-electron chi connectivity index (χ3n) is 2.39. The maximum absolute atomic E-state index is 11.7. The summed E-state index contributed by atoms with van der Waals surface area (Å²) in [5.41, 5.74) is 2.72. The third kappa shape index (κ3) is 4.62. The minimum atomic E-state index is 0.142. The Labute approximate surface area is 91.9 Å². The van der Waals surface area contributed by atoms with Gasteiger partial charge in [-0.05, 0) is 25.7 Å². The van der Waals surface area contributed by atoms with Crippen molar-refractivity contribution in [1.82, 2.24) is 10.4 Å². The number of rotatable bonds is 7. The molecule has 4 nitrogen and oxygen atoms in total. The minimum absolute atomic E-state index is 0.142. The van der Waals surface area contributed by atoms with Crippen LogP contribution in [0, 0.1) is 5.92 Å². The number of nitrogens with zero attached hydrogens (tertiary/aromatic N) is 1. The SMILES string of the molecule is CCN(C(=O)CNOCC(C)C)C1CC1. The van der Waals surface area contributed by atoms with Crippen molar-refractivity contribution in [1.29, 1.82) is 0 Å². The lowest BCUT2D eigenvalue weighted by atomic mass is 10.2. The maximum atomic E-state index is 11.7. The third-order valence-corrected chi connectivity index (χ3v) is 2.39. The van der Waals surface area contributed by atoms with Crippen LogP contribution in [0.3, 0.4) is 0 Å². The maximum Gasteiger partial charge on any atom is 0.239 e. The second-order valence-electron chi connectivity index (χ2n) is 4.44. The average molecular weight is 214 g/mol. The first kappa shape index (κ1) is 12.5. The van der Waals surface area contributed by atoms with Crippen LogP contribution < -0.4 is 5.48 Å². The second-order valence-corrected chi connectivity index (χ2v) is 4.44. The van der Waals surface area contributed by atoms with E-state index < -0.39 is 0 Å². The number of hydrogen-bond acceptors (Lipinski definition) is 3. The van der Waals surface area contributed by atoms with Crippen molar-refractivity contribution in [3.63, 3.8) is 0 Å². The average Bonchev–Trinajstić information content (AvgIpc) is 2.97. The fourth-order valence-electron chi connectivity index (χ4n) is 1.46. The Morgan fingerprint density at radius 2 is 2.20 bits per heavy atom. The van der Waals surface area contributed by atoms with Crippen LogP contribution in [0.1, 0.15) is 33.6 Å². The molecule has 4 heteroatoms. The summed E-state index contributed by atoms with van der Waals surface area (Å²) in [6, 6.07) is 0.495. The van der Waals surface area contributed by atoms with Gasteiger partial charge in [-0.3, -0.25) is 4.79 Å². The van der Waals surface area contributed by atoms with Gasteiger partial charge in [0.15, 0.2) is 0 Å². The number of nitrogens with one attached hydrogen (secondary N) is 1. The Morgan fingerprint density at radius 1 is 1.53 bits per heavy atom. The molecule has 0 saturated heterocycles. The lowest BCUT2D eigenvalue weighted by Gasteiger charge is -2.20. The molecule has 1 aliphatic carbocycles. The van der Waals surface area contributed by atoms with Crippen molar-refractivity contribution in [2.45, 2.75) is 39.7 Å². The largest absolute Gasteiger partial charge is 0.339 e. The zero-order valence-corrected chi connectivity index (χ0v) is 9.95. The molecule has 1 amide bonds. The molecular formula is C11H22N2O2. The predicted octanol–water partition coefficient (Wildman–Crippen LogP) is 1.17. The summed E-state index contributed by atoms with van der Waals surface area (Å²) in [6.07, 6.45) is 2.32. The lowest BCUT2D eigenvalue weighted by Crippen LogP contribution is -2.39. The van der Waals surface area contributed by atoms with E-state index in [1.165, 1.54) is 0 Å². The Kier molecular flexibility index (Phi) is 5.05. The Morgan fingerprint density at radius 3 is 2.67 bits per heavy atom. The quantitative estimate of drug-likeness (QED) is 0.511. The molecule has 0 aromatic heterocycles. The van der Waals surface area contributed by atoms with E-state index >= 15 is 0 Å². The van der Waals surface area contributed by atoms with E-state index in [1.54, 1.807) is 0 Å². The summed E-state index contributed by atoms with van der Waals surface area (Å²) >= 11 is 0. The zero-order chi connectivity index (χ0) is 11.3. The Balaban J connectivity index is 2.11. The van der Waals surface area contributed by atoms with Crippen LogP contribution in [-0.4, -0.2) is 36.5 Å². The lowest BCUT2D eigenvalue weighted by molar-refractivity contribution is -0.133. The molecule has 0 heterocycles. The Hall–Kier alpha value is -0.610. The molecule has 1 aliphatic rings. The number of hydroxylamine groups is 1. The molecule has 0 unspecified atom stereocenters. The van der Waals surface area contributed by atoms with Gasteiger partial charge in [-0.15, -0.1) is 0 Å². The molecule has 1 saturated carbocycles. The van der Waals surface area contributed by atoms with Gasteiger partial charge >= 0.3 is 0 Å². The second kappa shape index (κ2) is 6.08. The highest BCUT2D eigenvalue weighted by Gasteiger charge is 2.30. The predicted molar refractivity (Wildman–Crippen MR) is 59.2 cm³/mol. The molecule has 0 aromatic carbocycles. The highest BCUT2D eigenvalue weighted by Crippen LogP contribution is 2.26. The van der Waals surface area contributed by atoms with Crippen molar-refractivity contribution < 1.29 is 9.63 Å². The molecule has 0 radical (unpaired) electrons. The van der Waals surface area contributed by atoms with E-state index in [4.69, 9.17) is 4.84 Å². The van der Waals surface area contributed by atoms with E-state index in [9.17, 15) is 4.79 Å². The van der Waals surface area contributed by atoms with Gasteiger partial charge in [-0.1, -0.05) is 13.8 Å². The summed E-state index contributed by atoms with van der Waals surface area (Å²) in [5.74, 6) is 0.627. The van der Waals surface area contributed by atoms with Crippen LogP contribution in [0.25, 0.3) is 0 Å². The fourth-order valence-corrected chi connectivity index (χ4v) is 1.46. The number of likely N-dealkylation sites (N-methyl/N-ethyl adjacent to an activating group) is 1. The molecule has 15 heavy (non-hydrogen) atoms. The molecule has 0 aliphatic heterocycles. The number of amides is 1. The fraction of sp³-hybridized carbons (Fsp3) is 0.909. The van der Waals surface area contributed by atoms with Crippen LogP contribution >= 0.6 is 0 Å². The summed E-state index contributed by atoms with van der Waals surface area (Å²) in [6.45, 7) is 7.90. The van der Waals surface area contributed by atoms with Crippen LogP contribution in [0.2, 0.25) is 0 Å². The van der Waals surface area contributed by atoms with Gasteiger partial charge in [0.1, 0.15) is 6.54 Å². The van der Waals surface area contributed by atoms with Crippen LogP contribution in [0.4, 0.5) is 0 Å². The van der Waals surface area contributed by atoms with Gasteiger partial charge in [0, 0.05) is 12.6 Å². The summed E-state index contributed by atoms with van der Waals surface area (Å²) in [5, 5.41) is 0. The molecule has 1 fully saturated rings. The molecule has 1 rings (SSSR count). The van der Waals surface area contributed by atoms with Crippen LogP contribution in [0.15, 0.2) is 0 Å². The molecular weight excluding hydrogens is 192 g/mol. The van der Waals surface area contributed by atoms with Crippen molar-refractivity contribution in [3.05, 3.63) is 0 Å². The first-order valence-corrected chi connectivity index (χ1v) is 5.79. The van der Waals surface area contributed by atoms with Crippen LogP contribution in [-0.2, 0) is 9.63 Å².